The fourth-order valence-electron chi connectivity index (χ4n) is 3.43. The Morgan fingerprint density at radius 1 is 1.10 bits per heavy atom. The summed E-state index contributed by atoms with van der Waals surface area (Å²) in [4.78, 5) is 6.84. The van der Waals surface area contributed by atoms with E-state index in [4.69, 9.17) is 9.26 Å². The van der Waals surface area contributed by atoms with Gasteiger partial charge in [-0.2, -0.15) is 4.98 Å². The van der Waals surface area contributed by atoms with Gasteiger partial charge in [0.25, 0.3) is 0 Å². The molecule has 0 aliphatic carbocycles. The average Bonchev–Trinajstić information content (AvgIpc) is 3.40. The van der Waals surface area contributed by atoms with Crippen LogP contribution in [0.2, 0.25) is 0 Å². The summed E-state index contributed by atoms with van der Waals surface area (Å²) in [5, 5.41) is 14.0. The highest BCUT2D eigenvalue weighted by atomic mass is 32.2. The van der Waals surface area contributed by atoms with E-state index in [1.54, 1.807) is 18.9 Å². The van der Waals surface area contributed by atoms with Crippen LogP contribution in [-0.4, -0.2) is 45.1 Å². The molecule has 0 atom stereocenters. The summed E-state index contributed by atoms with van der Waals surface area (Å²) in [6.07, 6.45) is 3.59. The third-order valence-electron chi connectivity index (χ3n) is 5.02. The van der Waals surface area contributed by atoms with E-state index in [9.17, 15) is 0 Å². The lowest BCUT2D eigenvalue weighted by Gasteiger charge is -2.28. The topological polar surface area (TPSA) is 82.1 Å². The van der Waals surface area contributed by atoms with Gasteiger partial charge in [-0.25, -0.2) is 0 Å². The van der Waals surface area contributed by atoms with Gasteiger partial charge in [0, 0.05) is 18.5 Å². The van der Waals surface area contributed by atoms with Gasteiger partial charge in [0.1, 0.15) is 5.75 Å². The van der Waals surface area contributed by atoms with Gasteiger partial charge < -0.3 is 14.2 Å². The van der Waals surface area contributed by atoms with Gasteiger partial charge >= 0.3 is 0 Å². The number of hydrogen-bond acceptors (Lipinski definition) is 8. The first-order chi connectivity index (χ1) is 14.5. The van der Waals surface area contributed by atoms with E-state index >= 15 is 0 Å². The van der Waals surface area contributed by atoms with Gasteiger partial charge in [0.15, 0.2) is 11.0 Å². The van der Waals surface area contributed by atoms with E-state index < -0.39 is 0 Å². The first-order valence-corrected chi connectivity index (χ1v) is 11.3. The van der Waals surface area contributed by atoms with E-state index in [1.165, 1.54) is 19.3 Å². The standard InChI is InChI=1S/C21H28N6O2S/c1-21(2,3)18-22-17(25-29-18)14-30-20-24-23-19(26-12-8-5-9-13-26)27(20)15-10-6-7-11-16(15)28-4/h6-7,10-11H,5,8-9,12-14H2,1-4H3. The molecule has 3 heterocycles. The van der Waals surface area contributed by atoms with Crippen molar-refractivity contribution in [2.24, 2.45) is 0 Å². The van der Waals surface area contributed by atoms with Crippen LogP contribution in [0.25, 0.3) is 5.69 Å². The SMILES string of the molecule is COc1ccccc1-n1c(SCc2noc(C(C)(C)C)n2)nnc1N1CCCCC1. The predicted molar refractivity (Wildman–Crippen MR) is 117 cm³/mol. The number of nitrogens with zero attached hydrogens (tertiary/aromatic N) is 6. The zero-order valence-corrected chi connectivity index (χ0v) is 18.8. The zero-order valence-electron chi connectivity index (χ0n) is 18.0. The van der Waals surface area contributed by atoms with E-state index in [0.717, 1.165) is 35.6 Å². The molecular weight excluding hydrogens is 400 g/mol. The molecule has 0 radical (unpaired) electrons. The van der Waals surface area contributed by atoms with Crippen LogP contribution < -0.4 is 9.64 Å². The largest absolute Gasteiger partial charge is 0.495 e. The van der Waals surface area contributed by atoms with Gasteiger partial charge in [-0.1, -0.05) is 49.8 Å². The number of aromatic nitrogens is 5. The Bertz CT molecular complexity index is 988. The lowest BCUT2D eigenvalue weighted by molar-refractivity contribution is 0.319. The van der Waals surface area contributed by atoms with Crippen LogP contribution in [0.3, 0.4) is 0 Å². The summed E-state index contributed by atoms with van der Waals surface area (Å²) in [5.41, 5.74) is 0.756. The van der Waals surface area contributed by atoms with Crippen LogP contribution in [0, 0.1) is 0 Å². The van der Waals surface area contributed by atoms with Gasteiger partial charge in [-0.15, -0.1) is 10.2 Å². The predicted octanol–water partition coefficient (Wildman–Crippen LogP) is 4.24. The Morgan fingerprint density at radius 3 is 2.57 bits per heavy atom. The molecule has 1 fully saturated rings. The summed E-state index contributed by atoms with van der Waals surface area (Å²) in [6, 6.07) is 7.96. The second-order valence-electron chi connectivity index (χ2n) is 8.39. The van der Waals surface area contributed by atoms with Crippen molar-refractivity contribution in [3.05, 3.63) is 36.0 Å². The van der Waals surface area contributed by atoms with Crippen molar-refractivity contribution in [3.8, 4) is 11.4 Å². The minimum atomic E-state index is -0.172. The first-order valence-electron chi connectivity index (χ1n) is 10.3. The maximum Gasteiger partial charge on any atom is 0.232 e. The Labute approximate surface area is 181 Å². The van der Waals surface area contributed by atoms with Gasteiger partial charge in [-0.3, -0.25) is 4.57 Å². The molecular formula is C21H28N6O2S. The van der Waals surface area contributed by atoms with E-state index in [0.29, 0.717) is 17.5 Å². The summed E-state index contributed by atoms with van der Waals surface area (Å²) < 4.78 is 13.1. The second-order valence-corrected chi connectivity index (χ2v) is 9.33. The lowest BCUT2D eigenvalue weighted by atomic mass is 9.97. The number of benzene rings is 1. The average molecular weight is 429 g/mol. The van der Waals surface area contributed by atoms with Crippen LogP contribution in [0.5, 0.6) is 5.75 Å². The van der Waals surface area contributed by atoms with Crippen LogP contribution in [-0.2, 0) is 11.2 Å². The summed E-state index contributed by atoms with van der Waals surface area (Å²) >= 11 is 1.55. The minimum absolute atomic E-state index is 0.172. The van der Waals surface area contributed by atoms with Crippen molar-refractivity contribution >= 4 is 17.7 Å². The molecule has 30 heavy (non-hydrogen) atoms. The van der Waals surface area contributed by atoms with Crippen molar-refractivity contribution in [1.82, 2.24) is 24.9 Å². The van der Waals surface area contributed by atoms with Crippen LogP contribution >= 0.6 is 11.8 Å². The smallest absolute Gasteiger partial charge is 0.232 e. The Kier molecular flexibility index (Phi) is 5.99. The molecule has 0 amide bonds. The molecule has 1 aliphatic heterocycles. The van der Waals surface area contributed by atoms with Crippen LogP contribution in [0.1, 0.15) is 51.7 Å². The van der Waals surface area contributed by atoms with Crippen molar-refractivity contribution in [2.45, 2.75) is 56.4 Å². The Morgan fingerprint density at radius 2 is 1.87 bits per heavy atom. The molecule has 0 spiro atoms. The molecule has 4 rings (SSSR count). The van der Waals surface area contributed by atoms with Crippen molar-refractivity contribution < 1.29 is 9.26 Å². The molecule has 1 aromatic carbocycles. The number of rotatable bonds is 6. The normalized spacial score (nSPS) is 14.9. The number of ether oxygens (including phenoxy) is 1. The second kappa shape index (κ2) is 8.67. The maximum atomic E-state index is 5.63. The molecule has 1 aliphatic rings. The van der Waals surface area contributed by atoms with E-state index in [1.807, 2.05) is 24.3 Å². The number of anilines is 1. The maximum absolute atomic E-state index is 5.63. The summed E-state index contributed by atoms with van der Waals surface area (Å²) in [5.74, 6) is 3.47. The third kappa shape index (κ3) is 4.30. The molecule has 160 valence electrons. The Balaban J connectivity index is 1.65. The van der Waals surface area contributed by atoms with Gasteiger partial charge in [-0.05, 0) is 31.4 Å². The quantitative estimate of drug-likeness (QED) is 0.539. The lowest BCUT2D eigenvalue weighted by Crippen LogP contribution is -2.31. The monoisotopic (exact) mass is 428 g/mol. The molecule has 8 nitrogen and oxygen atoms in total. The fraction of sp³-hybridized carbons (Fsp3) is 0.524. The number of para-hydroxylation sites is 2. The highest BCUT2D eigenvalue weighted by Crippen LogP contribution is 2.33. The molecule has 0 saturated carbocycles. The third-order valence-corrected chi connectivity index (χ3v) is 5.95. The van der Waals surface area contributed by atoms with E-state index in [2.05, 4.69) is 50.6 Å². The number of methoxy groups -OCH3 is 1. The first kappa shape index (κ1) is 20.7. The van der Waals surface area contributed by atoms with E-state index in [-0.39, 0.29) is 5.41 Å². The molecule has 0 N–H and O–H groups in total. The molecule has 3 aromatic rings. The zero-order chi connectivity index (χ0) is 21.1. The summed E-state index contributed by atoms with van der Waals surface area (Å²) in [6.45, 7) is 8.14. The molecule has 9 heteroatoms. The van der Waals surface area contributed by atoms with Crippen LogP contribution in [0.4, 0.5) is 5.95 Å². The highest BCUT2D eigenvalue weighted by Gasteiger charge is 2.25. The van der Waals surface area contributed by atoms with Crippen molar-refractivity contribution in [2.75, 3.05) is 25.1 Å². The van der Waals surface area contributed by atoms with Crippen molar-refractivity contribution in [3.63, 3.8) is 0 Å². The minimum Gasteiger partial charge on any atom is -0.495 e. The molecule has 2 aromatic heterocycles. The Hall–Kier alpha value is -2.55. The fourth-order valence-corrected chi connectivity index (χ4v) is 4.21. The highest BCUT2D eigenvalue weighted by molar-refractivity contribution is 7.98. The van der Waals surface area contributed by atoms with Crippen LogP contribution in [0.15, 0.2) is 33.9 Å². The number of piperidine rings is 1. The number of thioether (sulfide) groups is 1. The van der Waals surface area contributed by atoms with Gasteiger partial charge in [0.2, 0.25) is 11.8 Å². The number of hydrogen-bond donors (Lipinski definition) is 0. The summed E-state index contributed by atoms with van der Waals surface area (Å²) in [7, 11) is 1.68. The van der Waals surface area contributed by atoms with Gasteiger partial charge in [0.05, 0.1) is 18.6 Å². The molecule has 0 unspecified atom stereocenters. The molecule has 1 saturated heterocycles. The molecule has 0 bridgehead atoms. The van der Waals surface area contributed by atoms with Crippen molar-refractivity contribution in [1.29, 1.82) is 0 Å².